The van der Waals surface area contributed by atoms with Crippen molar-refractivity contribution in [3.63, 3.8) is 0 Å². The van der Waals surface area contributed by atoms with Gasteiger partial charge < -0.3 is 29.0 Å². The Hall–Kier alpha value is -6.62. The first-order valence-corrected chi connectivity index (χ1v) is 26.9. The number of hydrogen-bond acceptors (Lipinski definition) is 11. The van der Waals surface area contributed by atoms with Gasteiger partial charge in [-0.05, 0) is 180 Å². The molecule has 1 saturated carbocycles. The topological polar surface area (TPSA) is 165 Å². The van der Waals surface area contributed by atoms with Crippen LogP contribution in [-0.2, 0) is 51.6 Å². The summed E-state index contributed by atoms with van der Waals surface area (Å²) in [5.74, 6) is -2.60. The molecule has 1 N–H and O–H groups in total. The Kier molecular flexibility index (Phi) is 17.0. The lowest BCUT2D eigenvalue weighted by molar-refractivity contribution is -0.174. The first kappa shape index (κ1) is 56.6. The van der Waals surface area contributed by atoms with Crippen LogP contribution >= 0.6 is 11.6 Å². The summed E-state index contributed by atoms with van der Waals surface area (Å²) in [5.41, 5.74) is 1.53. The summed E-state index contributed by atoms with van der Waals surface area (Å²) >= 11 is 6.31. The monoisotopic (exact) mass is 1080 g/mol. The number of halogens is 4. The number of benzene rings is 3. The van der Waals surface area contributed by atoms with Crippen LogP contribution in [0.1, 0.15) is 139 Å². The molecular formula is C59H68ClF3N4O10. The number of hydrogen-bond donors (Lipinski definition) is 1. The van der Waals surface area contributed by atoms with E-state index in [1.807, 2.05) is 24.3 Å². The predicted molar refractivity (Wildman–Crippen MR) is 284 cm³/mol. The molecule has 2 heterocycles. The molecule has 412 valence electrons. The van der Waals surface area contributed by atoms with E-state index in [0.29, 0.717) is 52.5 Å². The summed E-state index contributed by atoms with van der Waals surface area (Å²) < 4.78 is 74.4. The average molecular weight is 1090 g/mol. The smallest absolute Gasteiger partial charge is 0.471 e. The third kappa shape index (κ3) is 12.1. The third-order valence-corrected chi connectivity index (χ3v) is 15.7. The van der Waals surface area contributed by atoms with E-state index in [1.54, 1.807) is 64.4 Å². The molecule has 1 spiro atoms. The maximum atomic E-state index is 14.6. The molecule has 0 radical (unpaired) electrons. The van der Waals surface area contributed by atoms with E-state index in [0.717, 1.165) is 54.5 Å². The summed E-state index contributed by atoms with van der Waals surface area (Å²) in [6, 6.07) is 18.8. The summed E-state index contributed by atoms with van der Waals surface area (Å²) in [6.07, 6.45) is 2.19. The Bertz CT molecular complexity index is 3000. The molecule has 0 saturated heterocycles. The zero-order valence-electron chi connectivity index (χ0n) is 44.7. The summed E-state index contributed by atoms with van der Waals surface area (Å²) in [6.45, 7) is 11.9. The van der Waals surface area contributed by atoms with Crippen LogP contribution in [0.5, 0.6) is 11.5 Å². The standard InChI is InChI=1S/C59H68ClF3N4O10/c1-8-74-52(69)51(44-16-11-18-47-43(44)23-29-66(47)55(72)77-56(4,5)6)65-49(68)19-12-30-75-42-21-20-38-32-39(31-36(2)35-76-48-22-28-64-46-17-9-13-37(3)50(46)48)57(45(38)34-42)24-26-58(27-25-57,54(71)73-7)67(53(70)59(61,62)63)41-15-10-14-40(60)33-41/h10-11,14-16,18,20-23,28-29,33-34,36-37,39,51H,8-9,12-13,17,19,24-27,30-32,35H2,1-7H3,(H,65,68)/t36-,37-,39+,51?,57?,58?/m1/s1. The molecule has 8 rings (SSSR count). The minimum absolute atomic E-state index is 0.0156. The number of fused-ring (bicyclic) bond motifs is 4. The van der Waals surface area contributed by atoms with Gasteiger partial charge in [0.15, 0.2) is 6.04 Å². The van der Waals surface area contributed by atoms with E-state index in [9.17, 15) is 37.1 Å². The van der Waals surface area contributed by atoms with Crippen molar-refractivity contribution in [3.05, 3.63) is 118 Å². The van der Waals surface area contributed by atoms with E-state index in [2.05, 4.69) is 24.1 Å². The number of nitrogens with zero attached hydrogens (tertiary/aromatic N) is 3. The first-order valence-electron chi connectivity index (χ1n) is 26.5. The number of methoxy groups -OCH3 is 1. The largest absolute Gasteiger partial charge is 0.494 e. The molecule has 1 fully saturated rings. The normalized spacial score (nSPS) is 20.8. The number of nitrogens with one attached hydrogen (secondary N) is 1. The molecular weight excluding hydrogens is 1020 g/mol. The molecule has 3 aliphatic rings. The molecule has 0 bridgehead atoms. The molecule has 77 heavy (non-hydrogen) atoms. The van der Waals surface area contributed by atoms with Gasteiger partial charge in [0.25, 0.3) is 0 Å². The number of carbonyl (C=O) groups is 5. The quantitative estimate of drug-likeness (QED) is 0.0535. The van der Waals surface area contributed by atoms with E-state index >= 15 is 0 Å². The number of pyridine rings is 1. The van der Waals surface area contributed by atoms with Crippen molar-refractivity contribution in [1.82, 2.24) is 14.9 Å². The number of alkyl halides is 3. The second-order valence-corrected chi connectivity index (χ2v) is 22.2. The summed E-state index contributed by atoms with van der Waals surface area (Å²) in [7, 11) is 1.11. The molecule has 2 aromatic heterocycles. The maximum Gasteiger partial charge on any atom is 0.471 e. The highest BCUT2D eigenvalue weighted by molar-refractivity contribution is 6.31. The van der Waals surface area contributed by atoms with Gasteiger partial charge in [-0.3, -0.25) is 24.0 Å². The highest BCUT2D eigenvalue weighted by Gasteiger charge is 2.60. The van der Waals surface area contributed by atoms with Crippen molar-refractivity contribution in [1.29, 1.82) is 0 Å². The van der Waals surface area contributed by atoms with Crippen molar-refractivity contribution in [2.45, 2.75) is 147 Å². The van der Waals surface area contributed by atoms with E-state index < -0.39 is 58.6 Å². The lowest BCUT2D eigenvalue weighted by Crippen LogP contribution is -2.63. The minimum atomic E-state index is -5.33. The predicted octanol–water partition coefficient (Wildman–Crippen LogP) is 12.1. The van der Waals surface area contributed by atoms with Crippen LogP contribution in [0.3, 0.4) is 0 Å². The molecule has 4 atom stereocenters. The van der Waals surface area contributed by atoms with Crippen molar-refractivity contribution in [2.75, 3.05) is 31.8 Å². The Balaban J connectivity index is 1.02. The Labute approximate surface area is 452 Å². The van der Waals surface area contributed by atoms with Crippen LogP contribution in [-0.4, -0.2) is 83.6 Å². The van der Waals surface area contributed by atoms with Gasteiger partial charge in [-0.25, -0.2) is 14.4 Å². The Morgan fingerprint density at radius 3 is 2.42 bits per heavy atom. The van der Waals surface area contributed by atoms with Gasteiger partial charge in [0.1, 0.15) is 22.6 Å². The molecule has 2 amide bonds. The molecule has 5 aromatic rings. The number of ether oxygens (including phenoxy) is 5. The molecule has 3 aromatic carbocycles. The van der Waals surface area contributed by atoms with Gasteiger partial charge in [0.2, 0.25) is 5.91 Å². The lowest BCUT2D eigenvalue weighted by Gasteiger charge is -2.51. The Morgan fingerprint density at radius 2 is 1.71 bits per heavy atom. The van der Waals surface area contributed by atoms with Gasteiger partial charge in [0.05, 0.1) is 32.4 Å². The van der Waals surface area contributed by atoms with Gasteiger partial charge in [-0.1, -0.05) is 49.7 Å². The van der Waals surface area contributed by atoms with Crippen molar-refractivity contribution in [3.8, 4) is 11.5 Å². The molecule has 1 unspecified atom stereocenters. The number of anilines is 1. The highest BCUT2D eigenvalue weighted by atomic mass is 35.5. The maximum absolute atomic E-state index is 14.6. The van der Waals surface area contributed by atoms with Gasteiger partial charge in [-0.2, -0.15) is 13.2 Å². The molecule has 3 aliphatic carbocycles. The van der Waals surface area contributed by atoms with Crippen molar-refractivity contribution < 1.29 is 60.8 Å². The Morgan fingerprint density at radius 1 is 0.961 bits per heavy atom. The first-order chi connectivity index (χ1) is 36.6. The van der Waals surface area contributed by atoms with Crippen LogP contribution in [0, 0.1) is 11.8 Å². The molecule has 14 nitrogen and oxygen atoms in total. The van der Waals surface area contributed by atoms with E-state index in [1.165, 1.54) is 28.8 Å². The van der Waals surface area contributed by atoms with Crippen molar-refractivity contribution in [2.24, 2.45) is 11.8 Å². The van der Waals surface area contributed by atoms with Crippen LogP contribution in [0.25, 0.3) is 10.9 Å². The fourth-order valence-electron chi connectivity index (χ4n) is 12.0. The zero-order valence-corrected chi connectivity index (χ0v) is 45.5. The molecule has 18 heteroatoms. The van der Waals surface area contributed by atoms with Crippen LogP contribution in [0.2, 0.25) is 5.02 Å². The van der Waals surface area contributed by atoms with Crippen molar-refractivity contribution >= 4 is 58.0 Å². The summed E-state index contributed by atoms with van der Waals surface area (Å²) in [5, 5.41) is 3.48. The van der Waals surface area contributed by atoms with Gasteiger partial charge in [0, 0.05) is 46.2 Å². The fraction of sp³-hybridized carbons (Fsp3) is 0.492. The van der Waals surface area contributed by atoms with Crippen LogP contribution < -0.4 is 19.7 Å². The van der Waals surface area contributed by atoms with Gasteiger partial charge in [-0.15, -0.1) is 0 Å². The number of aromatic nitrogens is 2. The minimum Gasteiger partial charge on any atom is -0.494 e. The van der Waals surface area contributed by atoms with E-state index in [4.69, 9.17) is 35.3 Å². The highest BCUT2D eigenvalue weighted by Crippen LogP contribution is 2.58. The van der Waals surface area contributed by atoms with Crippen LogP contribution in [0.4, 0.5) is 23.7 Å². The summed E-state index contributed by atoms with van der Waals surface area (Å²) in [4.78, 5) is 73.0. The average Bonchev–Trinajstić information content (AvgIpc) is 4.11. The number of aryl methyl sites for hydroxylation is 1. The number of amides is 2. The third-order valence-electron chi connectivity index (χ3n) is 15.4. The number of esters is 2. The zero-order chi connectivity index (χ0) is 55.5. The van der Waals surface area contributed by atoms with Gasteiger partial charge >= 0.3 is 30.1 Å². The second-order valence-electron chi connectivity index (χ2n) is 21.8. The number of carbonyl (C=O) groups excluding carboxylic acids is 5. The fourth-order valence-corrected chi connectivity index (χ4v) is 12.2. The second kappa shape index (κ2) is 23.1. The number of rotatable bonds is 17. The van der Waals surface area contributed by atoms with E-state index in [-0.39, 0.29) is 74.3 Å². The lowest BCUT2D eigenvalue weighted by atomic mass is 9.59. The van der Waals surface area contributed by atoms with Crippen LogP contribution in [0.15, 0.2) is 85.2 Å². The SMILES string of the molecule is CCOC(=O)C(NC(=O)CCCOc1ccc2c(c1)C1(CCC(C(=O)OC)(N(C(=O)C(F)(F)F)c3cccc(Cl)c3)CC1)[C@@H](C[C@@H](C)COc1ccnc3c1[C@H](C)CCC3)C2)c1cccc2c1ccn2C(=O)OC(C)(C)C. The molecule has 0 aliphatic heterocycles.